The summed E-state index contributed by atoms with van der Waals surface area (Å²) in [5.74, 6) is -2.90. The van der Waals surface area contributed by atoms with Gasteiger partial charge < -0.3 is 19.9 Å². The Labute approximate surface area is 177 Å². The van der Waals surface area contributed by atoms with Crippen LogP contribution in [-0.4, -0.2) is 78.6 Å². The van der Waals surface area contributed by atoms with E-state index < -0.39 is 35.6 Å². The highest BCUT2D eigenvalue weighted by Crippen LogP contribution is 2.32. The maximum Gasteiger partial charge on any atom is 0.264 e. The molecule has 0 aromatic heterocycles. The predicted molar refractivity (Wildman–Crippen MR) is 105 cm³/mol. The van der Waals surface area contributed by atoms with Crippen LogP contribution in [0.4, 0.5) is 5.69 Å². The first kappa shape index (κ1) is 22.5. The zero-order chi connectivity index (χ0) is 22.4. The summed E-state index contributed by atoms with van der Waals surface area (Å²) in [5, 5.41) is 13.3. The SMILES string of the molecule is O=C1CCC(N2C(=O)c3cccc(NC(=O)CCOCCOCCO)c3C2=O)C(=O)N1. The lowest BCUT2D eigenvalue weighted by Gasteiger charge is -2.27. The minimum absolute atomic E-state index is 0.0165. The molecule has 3 rings (SSSR count). The van der Waals surface area contributed by atoms with Crippen LogP contribution in [0.15, 0.2) is 18.2 Å². The number of carbonyl (C=O) groups excluding carboxylic acids is 5. The number of aliphatic hydroxyl groups excluding tert-OH is 1. The Morgan fingerprint density at radius 1 is 1.10 bits per heavy atom. The maximum absolute atomic E-state index is 13.0. The molecule has 5 amide bonds. The minimum atomic E-state index is -1.07. The second-order valence-electron chi connectivity index (χ2n) is 6.92. The van der Waals surface area contributed by atoms with E-state index in [-0.39, 0.29) is 62.5 Å². The van der Waals surface area contributed by atoms with Crippen LogP contribution in [0.3, 0.4) is 0 Å². The molecule has 2 aliphatic rings. The van der Waals surface area contributed by atoms with Gasteiger partial charge in [-0.2, -0.15) is 0 Å². The fourth-order valence-electron chi connectivity index (χ4n) is 3.38. The van der Waals surface area contributed by atoms with Gasteiger partial charge in [0.25, 0.3) is 11.8 Å². The third-order valence-corrected chi connectivity index (χ3v) is 4.82. The summed E-state index contributed by atoms with van der Waals surface area (Å²) in [6.07, 6.45) is 0.0955. The Morgan fingerprint density at radius 2 is 1.84 bits per heavy atom. The first-order valence-corrected chi connectivity index (χ1v) is 9.85. The smallest absolute Gasteiger partial charge is 0.264 e. The lowest BCUT2D eigenvalue weighted by Crippen LogP contribution is -2.54. The molecule has 0 bridgehead atoms. The molecule has 2 heterocycles. The third-order valence-electron chi connectivity index (χ3n) is 4.82. The van der Waals surface area contributed by atoms with Gasteiger partial charge in [-0.25, -0.2) is 0 Å². The molecule has 11 heteroatoms. The Morgan fingerprint density at radius 3 is 2.55 bits per heavy atom. The molecule has 1 aromatic carbocycles. The number of imide groups is 2. The predicted octanol–water partition coefficient (Wildman–Crippen LogP) is -0.558. The van der Waals surface area contributed by atoms with Crippen molar-refractivity contribution in [1.29, 1.82) is 0 Å². The monoisotopic (exact) mass is 433 g/mol. The second kappa shape index (κ2) is 10.2. The van der Waals surface area contributed by atoms with E-state index >= 15 is 0 Å². The zero-order valence-corrected chi connectivity index (χ0v) is 16.7. The van der Waals surface area contributed by atoms with Gasteiger partial charge >= 0.3 is 0 Å². The lowest BCUT2D eigenvalue weighted by atomic mass is 10.0. The molecule has 1 saturated heterocycles. The normalized spacial score (nSPS) is 18.2. The summed E-state index contributed by atoms with van der Waals surface area (Å²) < 4.78 is 10.3. The molecule has 2 aliphatic heterocycles. The Balaban J connectivity index is 1.62. The summed E-state index contributed by atoms with van der Waals surface area (Å²) in [5.41, 5.74) is 0.274. The molecule has 11 nitrogen and oxygen atoms in total. The van der Waals surface area contributed by atoms with Crippen LogP contribution in [0.2, 0.25) is 0 Å². The van der Waals surface area contributed by atoms with Gasteiger partial charge in [0.1, 0.15) is 6.04 Å². The molecule has 1 unspecified atom stereocenters. The molecule has 31 heavy (non-hydrogen) atoms. The topological polar surface area (TPSA) is 151 Å². The van der Waals surface area contributed by atoms with E-state index in [2.05, 4.69) is 10.6 Å². The van der Waals surface area contributed by atoms with Crippen molar-refractivity contribution in [2.75, 3.05) is 38.4 Å². The average Bonchev–Trinajstić information content (AvgIpc) is 2.99. The molecule has 3 N–H and O–H groups in total. The number of benzene rings is 1. The van der Waals surface area contributed by atoms with Crippen molar-refractivity contribution in [3.63, 3.8) is 0 Å². The van der Waals surface area contributed by atoms with Crippen molar-refractivity contribution in [1.82, 2.24) is 10.2 Å². The summed E-state index contributed by atoms with van der Waals surface area (Å²) in [4.78, 5) is 62.3. The van der Waals surface area contributed by atoms with E-state index in [0.717, 1.165) is 4.90 Å². The number of amides is 5. The van der Waals surface area contributed by atoms with Crippen molar-refractivity contribution in [3.8, 4) is 0 Å². The third kappa shape index (κ3) is 5.13. The van der Waals surface area contributed by atoms with E-state index in [1.54, 1.807) is 0 Å². The van der Waals surface area contributed by atoms with Gasteiger partial charge in [0.05, 0.1) is 56.3 Å². The molecule has 0 radical (unpaired) electrons. The number of piperidine rings is 1. The zero-order valence-electron chi connectivity index (χ0n) is 16.7. The fourth-order valence-corrected chi connectivity index (χ4v) is 3.38. The number of rotatable bonds is 10. The van der Waals surface area contributed by atoms with Gasteiger partial charge in [-0.1, -0.05) is 6.07 Å². The molecule has 0 aliphatic carbocycles. The highest BCUT2D eigenvalue weighted by Gasteiger charge is 2.45. The van der Waals surface area contributed by atoms with E-state index in [4.69, 9.17) is 14.6 Å². The van der Waals surface area contributed by atoms with Crippen LogP contribution in [-0.2, 0) is 23.9 Å². The van der Waals surface area contributed by atoms with Crippen molar-refractivity contribution in [3.05, 3.63) is 29.3 Å². The van der Waals surface area contributed by atoms with Crippen molar-refractivity contribution in [2.24, 2.45) is 0 Å². The van der Waals surface area contributed by atoms with Crippen LogP contribution < -0.4 is 10.6 Å². The quantitative estimate of drug-likeness (QED) is 0.328. The van der Waals surface area contributed by atoms with E-state index in [9.17, 15) is 24.0 Å². The van der Waals surface area contributed by atoms with Crippen LogP contribution in [0.1, 0.15) is 40.0 Å². The number of nitrogens with one attached hydrogen (secondary N) is 2. The molecule has 1 fully saturated rings. The number of ether oxygens (including phenoxy) is 2. The average molecular weight is 433 g/mol. The van der Waals surface area contributed by atoms with Crippen molar-refractivity contribution >= 4 is 35.2 Å². The molecular weight excluding hydrogens is 410 g/mol. The first-order chi connectivity index (χ1) is 14.9. The van der Waals surface area contributed by atoms with Crippen molar-refractivity contribution < 1.29 is 38.6 Å². The van der Waals surface area contributed by atoms with Gasteiger partial charge in [0.15, 0.2) is 0 Å². The van der Waals surface area contributed by atoms with Gasteiger partial charge in [0, 0.05) is 6.42 Å². The first-order valence-electron chi connectivity index (χ1n) is 9.85. The molecule has 166 valence electrons. The molecule has 0 saturated carbocycles. The summed E-state index contributed by atoms with van der Waals surface area (Å²) >= 11 is 0. The maximum atomic E-state index is 13.0. The van der Waals surface area contributed by atoms with Crippen LogP contribution in [0, 0.1) is 0 Å². The number of hydrogen-bond donors (Lipinski definition) is 3. The largest absolute Gasteiger partial charge is 0.394 e. The van der Waals surface area contributed by atoms with Gasteiger partial charge in [-0.15, -0.1) is 0 Å². The Bertz CT molecular complexity index is 900. The second-order valence-corrected chi connectivity index (χ2v) is 6.92. The molecule has 1 aromatic rings. The molecular formula is C20H23N3O8. The van der Waals surface area contributed by atoms with Crippen LogP contribution >= 0.6 is 0 Å². The van der Waals surface area contributed by atoms with E-state index in [1.165, 1.54) is 18.2 Å². The number of hydrogen-bond acceptors (Lipinski definition) is 8. The van der Waals surface area contributed by atoms with E-state index in [1.807, 2.05) is 0 Å². The number of aliphatic hydroxyl groups is 1. The number of anilines is 1. The number of carbonyl (C=O) groups is 5. The highest BCUT2D eigenvalue weighted by molar-refractivity contribution is 6.26. The number of nitrogens with zero attached hydrogens (tertiary/aromatic N) is 1. The Hall–Kier alpha value is -3.15. The number of fused-ring (bicyclic) bond motifs is 1. The minimum Gasteiger partial charge on any atom is -0.394 e. The van der Waals surface area contributed by atoms with Gasteiger partial charge in [0.2, 0.25) is 17.7 Å². The summed E-state index contributed by atoms with van der Waals surface area (Å²) in [6, 6.07) is 3.41. The van der Waals surface area contributed by atoms with E-state index in [0.29, 0.717) is 6.61 Å². The summed E-state index contributed by atoms with van der Waals surface area (Å²) in [7, 11) is 0. The van der Waals surface area contributed by atoms with Crippen LogP contribution in [0.5, 0.6) is 0 Å². The fraction of sp³-hybridized carbons (Fsp3) is 0.450. The Kier molecular flexibility index (Phi) is 7.45. The lowest BCUT2D eigenvalue weighted by molar-refractivity contribution is -0.136. The van der Waals surface area contributed by atoms with Gasteiger partial charge in [-0.3, -0.25) is 34.2 Å². The van der Waals surface area contributed by atoms with Crippen LogP contribution in [0.25, 0.3) is 0 Å². The summed E-state index contributed by atoms with van der Waals surface area (Å²) in [6.45, 7) is 0.819. The molecule has 0 spiro atoms. The standard InChI is InChI=1S/C20H23N3O8/c24-7-9-31-11-10-30-8-6-16(26)21-13-3-1-2-12-17(13)20(29)23(19(12)28)14-4-5-15(25)22-18(14)27/h1-3,14,24H,4-11H2,(H,21,26)(H,22,25,27). The molecule has 1 atom stereocenters. The highest BCUT2D eigenvalue weighted by atomic mass is 16.5. The van der Waals surface area contributed by atoms with Crippen molar-refractivity contribution in [2.45, 2.75) is 25.3 Å². The van der Waals surface area contributed by atoms with Gasteiger partial charge in [-0.05, 0) is 18.6 Å².